The Morgan fingerprint density at radius 2 is 1.26 bits per heavy atom. The number of hydrogen-bond donors (Lipinski definition) is 1. The molecular formula is C16H17NO2. The topological polar surface area (TPSA) is 46.2 Å². The normalized spacial score (nSPS) is 9.26. The molecule has 0 radical (unpaired) electrons. The van der Waals surface area contributed by atoms with Crippen LogP contribution >= 0.6 is 0 Å². The van der Waals surface area contributed by atoms with Gasteiger partial charge in [-0.05, 0) is 12.1 Å². The Balaban J connectivity index is 0.00000180. The largest absolute Gasteiger partial charge is 0.345 e. The van der Waals surface area contributed by atoms with Gasteiger partial charge < -0.3 is 5.32 Å². The minimum atomic E-state index is -0.236. The Morgan fingerprint density at radius 1 is 0.789 bits per heavy atom. The van der Waals surface area contributed by atoms with E-state index < -0.39 is 0 Å². The maximum absolute atomic E-state index is 11.8. The molecule has 0 atom stereocenters. The van der Waals surface area contributed by atoms with Crippen LogP contribution in [0.4, 0.5) is 0 Å². The van der Waals surface area contributed by atoms with Crippen molar-refractivity contribution in [2.45, 2.75) is 7.43 Å². The molecule has 0 spiro atoms. The highest BCUT2D eigenvalue weighted by atomic mass is 16.2. The summed E-state index contributed by atoms with van der Waals surface area (Å²) in [5.41, 5.74) is 1.16. The van der Waals surface area contributed by atoms with Gasteiger partial charge >= 0.3 is 0 Å². The van der Waals surface area contributed by atoms with Crippen molar-refractivity contribution in [2.75, 3.05) is 6.54 Å². The Hall–Kier alpha value is -2.42. The summed E-state index contributed by atoms with van der Waals surface area (Å²) in [6.07, 6.45) is 0. The number of carbonyl (C=O) groups is 2. The highest BCUT2D eigenvalue weighted by Crippen LogP contribution is 2.00. The Bertz CT molecular complexity index is 484. The van der Waals surface area contributed by atoms with Crippen molar-refractivity contribution in [1.82, 2.24) is 5.32 Å². The fraction of sp³-hybridized carbons (Fsp3) is 0.125. The maximum Gasteiger partial charge on any atom is 0.251 e. The van der Waals surface area contributed by atoms with Gasteiger partial charge in [-0.25, -0.2) is 0 Å². The van der Waals surface area contributed by atoms with E-state index in [2.05, 4.69) is 5.32 Å². The fourth-order valence-electron chi connectivity index (χ4n) is 1.58. The summed E-state index contributed by atoms with van der Waals surface area (Å²) in [6, 6.07) is 17.7. The lowest BCUT2D eigenvalue weighted by Gasteiger charge is -2.04. The second kappa shape index (κ2) is 7.11. The molecule has 0 fully saturated rings. The van der Waals surface area contributed by atoms with Gasteiger partial charge in [0.25, 0.3) is 5.91 Å². The van der Waals surface area contributed by atoms with Gasteiger partial charge in [0.15, 0.2) is 5.78 Å². The van der Waals surface area contributed by atoms with E-state index in [1.807, 2.05) is 12.1 Å². The first-order valence-electron chi connectivity index (χ1n) is 5.69. The quantitative estimate of drug-likeness (QED) is 0.854. The Morgan fingerprint density at radius 3 is 1.79 bits per heavy atom. The first kappa shape index (κ1) is 14.6. The molecule has 0 aliphatic rings. The van der Waals surface area contributed by atoms with Crippen LogP contribution < -0.4 is 5.32 Å². The number of hydrogen-bond acceptors (Lipinski definition) is 2. The van der Waals surface area contributed by atoms with Crippen LogP contribution in [-0.4, -0.2) is 18.2 Å². The number of rotatable bonds is 4. The van der Waals surface area contributed by atoms with Gasteiger partial charge in [0.05, 0.1) is 6.54 Å². The highest BCUT2D eigenvalue weighted by Gasteiger charge is 2.08. The highest BCUT2D eigenvalue weighted by molar-refractivity contribution is 6.02. The zero-order chi connectivity index (χ0) is 12.8. The van der Waals surface area contributed by atoms with Gasteiger partial charge in [0, 0.05) is 11.1 Å². The van der Waals surface area contributed by atoms with Gasteiger partial charge in [-0.3, -0.25) is 9.59 Å². The van der Waals surface area contributed by atoms with Crippen molar-refractivity contribution in [3.8, 4) is 0 Å². The maximum atomic E-state index is 11.8. The molecule has 2 aromatic carbocycles. The Labute approximate surface area is 113 Å². The predicted octanol–water partition coefficient (Wildman–Crippen LogP) is 2.94. The van der Waals surface area contributed by atoms with Crippen LogP contribution in [0.2, 0.25) is 0 Å². The first-order valence-corrected chi connectivity index (χ1v) is 5.69. The monoisotopic (exact) mass is 255 g/mol. The van der Waals surface area contributed by atoms with Crippen LogP contribution in [0.15, 0.2) is 60.7 Å². The third-order valence-corrected chi connectivity index (χ3v) is 2.54. The van der Waals surface area contributed by atoms with E-state index in [1.54, 1.807) is 48.5 Å². The third-order valence-electron chi connectivity index (χ3n) is 2.54. The van der Waals surface area contributed by atoms with E-state index in [9.17, 15) is 9.59 Å². The van der Waals surface area contributed by atoms with Gasteiger partial charge in [0.2, 0.25) is 0 Å². The lowest BCUT2D eigenvalue weighted by molar-refractivity contribution is 0.0904. The number of nitrogens with one attached hydrogen (secondary N) is 1. The molecule has 2 aromatic rings. The molecule has 3 heteroatoms. The molecule has 2 rings (SSSR count). The molecule has 98 valence electrons. The first-order chi connectivity index (χ1) is 8.77. The van der Waals surface area contributed by atoms with Crippen LogP contribution in [-0.2, 0) is 0 Å². The zero-order valence-corrected chi connectivity index (χ0v) is 9.80. The summed E-state index contributed by atoms with van der Waals surface area (Å²) in [5.74, 6) is -0.334. The van der Waals surface area contributed by atoms with E-state index in [4.69, 9.17) is 0 Å². The van der Waals surface area contributed by atoms with Crippen LogP contribution in [0.5, 0.6) is 0 Å². The molecule has 1 N–H and O–H groups in total. The summed E-state index contributed by atoms with van der Waals surface area (Å²) >= 11 is 0. The summed E-state index contributed by atoms with van der Waals surface area (Å²) in [6.45, 7) is 0.0116. The second-order valence-electron chi connectivity index (χ2n) is 3.84. The molecule has 0 aliphatic carbocycles. The molecule has 0 aliphatic heterocycles. The van der Waals surface area contributed by atoms with Gasteiger partial charge in [-0.15, -0.1) is 0 Å². The van der Waals surface area contributed by atoms with Crippen LogP contribution in [0.3, 0.4) is 0 Å². The molecule has 0 heterocycles. The van der Waals surface area contributed by atoms with Crippen molar-refractivity contribution in [3.63, 3.8) is 0 Å². The van der Waals surface area contributed by atoms with Crippen LogP contribution in [0.25, 0.3) is 0 Å². The Kier molecular flexibility index (Phi) is 5.48. The molecular weight excluding hydrogens is 238 g/mol. The molecule has 0 bridgehead atoms. The number of carbonyl (C=O) groups excluding carboxylic acids is 2. The van der Waals surface area contributed by atoms with Gasteiger partial charge in [-0.1, -0.05) is 56.0 Å². The van der Waals surface area contributed by atoms with Crippen molar-refractivity contribution in [1.29, 1.82) is 0 Å². The SMILES string of the molecule is C.O=C(CNC(=O)c1ccccc1)c1ccccc1. The van der Waals surface area contributed by atoms with E-state index in [0.29, 0.717) is 11.1 Å². The van der Waals surface area contributed by atoms with Gasteiger partial charge in [0.1, 0.15) is 0 Å². The van der Waals surface area contributed by atoms with Crippen molar-refractivity contribution < 1.29 is 9.59 Å². The predicted molar refractivity (Wildman–Crippen MR) is 76.3 cm³/mol. The van der Waals surface area contributed by atoms with Crippen molar-refractivity contribution in [2.24, 2.45) is 0 Å². The second-order valence-corrected chi connectivity index (χ2v) is 3.84. The summed E-state index contributed by atoms with van der Waals surface area (Å²) in [7, 11) is 0. The van der Waals surface area contributed by atoms with E-state index in [-0.39, 0.29) is 25.7 Å². The van der Waals surface area contributed by atoms with Crippen molar-refractivity contribution >= 4 is 11.7 Å². The molecule has 0 saturated heterocycles. The zero-order valence-electron chi connectivity index (χ0n) is 9.80. The summed E-state index contributed by atoms with van der Waals surface area (Å²) in [5, 5.41) is 2.61. The smallest absolute Gasteiger partial charge is 0.251 e. The minimum Gasteiger partial charge on any atom is -0.345 e. The lowest BCUT2D eigenvalue weighted by Crippen LogP contribution is -2.29. The van der Waals surface area contributed by atoms with Crippen LogP contribution in [0.1, 0.15) is 28.1 Å². The van der Waals surface area contributed by atoms with E-state index in [1.165, 1.54) is 0 Å². The average Bonchev–Trinajstić information content (AvgIpc) is 2.46. The summed E-state index contributed by atoms with van der Waals surface area (Å²) < 4.78 is 0. The average molecular weight is 255 g/mol. The van der Waals surface area contributed by atoms with E-state index >= 15 is 0 Å². The molecule has 0 aromatic heterocycles. The molecule has 0 unspecified atom stereocenters. The number of benzene rings is 2. The number of amides is 1. The minimum absolute atomic E-state index is 0. The molecule has 3 nitrogen and oxygen atoms in total. The third kappa shape index (κ3) is 4.07. The number of ketones is 1. The molecule has 19 heavy (non-hydrogen) atoms. The van der Waals surface area contributed by atoms with E-state index in [0.717, 1.165) is 0 Å². The number of Topliss-reactive ketones (excluding diaryl/α,β-unsaturated/α-hetero) is 1. The molecule has 0 saturated carbocycles. The molecule has 1 amide bonds. The standard InChI is InChI=1S/C15H13NO2.CH4/c17-14(12-7-3-1-4-8-12)11-16-15(18)13-9-5-2-6-10-13;/h1-10H,11H2,(H,16,18);1H4. The lowest BCUT2D eigenvalue weighted by atomic mass is 10.1. The van der Waals surface area contributed by atoms with Crippen molar-refractivity contribution in [3.05, 3.63) is 71.8 Å². The van der Waals surface area contributed by atoms with Crippen LogP contribution in [0, 0.1) is 0 Å². The van der Waals surface area contributed by atoms with Gasteiger partial charge in [-0.2, -0.15) is 0 Å². The fourth-order valence-corrected chi connectivity index (χ4v) is 1.58. The summed E-state index contributed by atoms with van der Waals surface area (Å²) in [4.78, 5) is 23.5.